The molecule has 3 rings (SSSR count). The molecule has 0 amide bonds. The molecule has 0 spiro atoms. The molecule has 1 saturated heterocycles. The molecule has 1 heterocycles. The number of fused-ring (bicyclic) bond motifs is 1. The normalized spacial score (nSPS) is 19.2. The quantitative estimate of drug-likeness (QED) is 0.818. The number of nitrogens with one attached hydrogen (secondary N) is 1. The number of benzene rings is 2. The fourth-order valence-electron chi connectivity index (χ4n) is 2.56. The Kier molecular flexibility index (Phi) is 3.65. The van der Waals surface area contributed by atoms with E-state index in [1.54, 1.807) is 6.07 Å². The van der Waals surface area contributed by atoms with Gasteiger partial charge < -0.3 is 5.32 Å². The smallest absolute Gasteiger partial charge is 0.131 e. The van der Waals surface area contributed by atoms with Crippen molar-refractivity contribution < 1.29 is 4.39 Å². The Morgan fingerprint density at radius 1 is 1.06 bits per heavy atom. The summed E-state index contributed by atoms with van der Waals surface area (Å²) in [6, 6.07) is 11.3. The lowest BCUT2D eigenvalue weighted by Gasteiger charge is -2.12. The van der Waals surface area contributed by atoms with Crippen LogP contribution in [0.2, 0.25) is 0 Å². The van der Waals surface area contributed by atoms with E-state index < -0.39 is 0 Å². The van der Waals surface area contributed by atoms with Crippen LogP contribution in [0.1, 0.15) is 17.9 Å². The van der Waals surface area contributed by atoms with Crippen molar-refractivity contribution in [1.82, 2.24) is 5.32 Å². The maximum atomic E-state index is 13.6. The molecular weight excluding hydrogens is 237 g/mol. The highest BCUT2D eigenvalue weighted by atomic mass is 35.5. The van der Waals surface area contributed by atoms with E-state index in [0.29, 0.717) is 5.92 Å². The Morgan fingerprint density at radius 2 is 1.82 bits per heavy atom. The first kappa shape index (κ1) is 12.3. The summed E-state index contributed by atoms with van der Waals surface area (Å²) in [5, 5.41) is 5.16. The van der Waals surface area contributed by atoms with Gasteiger partial charge in [0.05, 0.1) is 0 Å². The summed E-state index contributed by atoms with van der Waals surface area (Å²) in [5.41, 5.74) is 1.28. The van der Waals surface area contributed by atoms with Crippen LogP contribution in [0.25, 0.3) is 10.8 Å². The predicted molar refractivity (Wildman–Crippen MR) is 71.4 cm³/mol. The van der Waals surface area contributed by atoms with Crippen LogP contribution in [0.15, 0.2) is 36.4 Å². The van der Waals surface area contributed by atoms with E-state index in [4.69, 9.17) is 0 Å². The molecule has 0 saturated carbocycles. The zero-order chi connectivity index (χ0) is 11.0. The number of halogens is 2. The van der Waals surface area contributed by atoms with Gasteiger partial charge in [0.15, 0.2) is 0 Å². The Balaban J connectivity index is 0.00000108. The zero-order valence-corrected chi connectivity index (χ0v) is 10.3. The van der Waals surface area contributed by atoms with Gasteiger partial charge in [0.25, 0.3) is 0 Å². The molecule has 17 heavy (non-hydrogen) atoms. The Morgan fingerprint density at radius 3 is 2.53 bits per heavy atom. The highest BCUT2D eigenvalue weighted by molar-refractivity contribution is 5.86. The maximum absolute atomic E-state index is 13.6. The van der Waals surface area contributed by atoms with Gasteiger partial charge in [0.2, 0.25) is 0 Å². The molecule has 0 aromatic heterocycles. The molecule has 1 N–H and O–H groups in total. The standard InChI is InChI=1S/C14H14FN.ClH/c15-14-6-5-11(10-7-8-16-9-10)12-3-1-2-4-13(12)14;/h1-6,10,16H,7-9H2;1H. The minimum absolute atomic E-state index is 0. The van der Waals surface area contributed by atoms with Crippen LogP contribution < -0.4 is 5.32 Å². The Hall–Kier alpha value is -1.12. The zero-order valence-electron chi connectivity index (χ0n) is 9.45. The predicted octanol–water partition coefficient (Wildman–Crippen LogP) is 3.48. The molecule has 2 aromatic carbocycles. The summed E-state index contributed by atoms with van der Waals surface area (Å²) >= 11 is 0. The van der Waals surface area contributed by atoms with E-state index >= 15 is 0 Å². The summed E-state index contributed by atoms with van der Waals surface area (Å²) in [5.74, 6) is 0.413. The van der Waals surface area contributed by atoms with Crippen LogP contribution in [0.4, 0.5) is 4.39 Å². The number of hydrogen-bond donors (Lipinski definition) is 1. The van der Waals surface area contributed by atoms with Crippen molar-refractivity contribution in [1.29, 1.82) is 0 Å². The number of hydrogen-bond acceptors (Lipinski definition) is 1. The van der Waals surface area contributed by atoms with Crippen molar-refractivity contribution in [3.05, 3.63) is 47.8 Å². The van der Waals surface area contributed by atoms with Crippen LogP contribution in [0.5, 0.6) is 0 Å². The molecule has 2 aromatic rings. The summed E-state index contributed by atoms with van der Waals surface area (Å²) in [4.78, 5) is 0. The third-order valence-corrected chi connectivity index (χ3v) is 3.40. The lowest BCUT2D eigenvalue weighted by molar-refractivity contribution is 0.638. The average Bonchev–Trinajstić information content (AvgIpc) is 2.83. The van der Waals surface area contributed by atoms with Crippen molar-refractivity contribution in [2.75, 3.05) is 13.1 Å². The first-order valence-electron chi connectivity index (χ1n) is 5.74. The van der Waals surface area contributed by atoms with Crippen LogP contribution in [0.3, 0.4) is 0 Å². The third kappa shape index (κ3) is 2.15. The van der Waals surface area contributed by atoms with Crippen molar-refractivity contribution in [2.24, 2.45) is 0 Å². The van der Waals surface area contributed by atoms with E-state index in [-0.39, 0.29) is 18.2 Å². The van der Waals surface area contributed by atoms with Gasteiger partial charge in [-0.15, -0.1) is 12.4 Å². The molecule has 1 aliphatic rings. The molecule has 90 valence electrons. The Labute approximate surface area is 106 Å². The van der Waals surface area contributed by atoms with Gasteiger partial charge in [0, 0.05) is 11.9 Å². The number of rotatable bonds is 1. The topological polar surface area (TPSA) is 12.0 Å². The van der Waals surface area contributed by atoms with Crippen LogP contribution >= 0.6 is 12.4 Å². The fourth-order valence-corrected chi connectivity index (χ4v) is 2.56. The van der Waals surface area contributed by atoms with Crippen molar-refractivity contribution >= 4 is 23.2 Å². The monoisotopic (exact) mass is 251 g/mol. The van der Waals surface area contributed by atoms with Gasteiger partial charge in [-0.25, -0.2) is 4.39 Å². The van der Waals surface area contributed by atoms with E-state index in [1.807, 2.05) is 30.3 Å². The highest BCUT2D eigenvalue weighted by Crippen LogP contribution is 2.30. The largest absolute Gasteiger partial charge is 0.316 e. The summed E-state index contributed by atoms with van der Waals surface area (Å²) < 4.78 is 13.6. The van der Waals surface area contributed by atoms with E-state index in [1.165, 1.54) is 5.56 Å². The highest BCUT2D eigenvalue weighted by Gasteiger charge is 2.19. The molecule has 1 nitrogen and oxygen atoms in total. The van der Waals surface area contributed by atoms with Crippen LogP contribution in [-0.2, 0) is 0 Å². The lowest BCUT2D eigenvalue weighted by Crippen LogP contribution is -2.08. The van der Waals surface area contributed by atoms with Gasteiger partial charge in [-0.05, 0) is 35.9 Å². The van der Waals surface area contributed by atoms with Gasteiger partial charge in [0.1, 0.15) is 5.82 Å². The molecule has 1 unspecified atom stereocenters. The van der Waals surface area contributed by atoms with Gasteiger partial charge >= 0.3 is 0 Å². The molecule has 1 fully saturated rings. The van der Waals surface area contributed by atoms with E-state index in [9.17, 15) is 4.39 Å². The second-order valence-corrected chi connectivity index (χ2v) is 4.37. The maximum Gasteiger partial charge on any atom is 0.131 e. The fraction of sp³-hybridized carbons (Fsp3) is 0.286. The molecule has 0 bridgehead atoms. The van der Waals surface area contributed by atoms with Gasteiger partial charge in [-0.3, -0.25) is 0 Å². The van der Waals surface area contributed by atoms with E-state index in [0.717, 1.165) is 30.3 Å². The molecular formula is C14H15ClFN. The minimum Gasteiger partial charge on any atom is -0.316 e. The van der Waals surface area contributed by atoms with E-state index in [2.05, 4.69) is 5.32 Å². The molecule has 1 atom stereocenters. The lowest BCUT2D eigenvalue weighted by atomic mass is 9.93. The summed E-state index contributed by atoms with van der Waals surface area (Å²) in [7, 11) is 0. The molecule has 3 heteroatoms. The minimum atomic E-state index is -0.120. The Bertz CT molecular complexity index is 521. The third-order valence-electron chi connectivity index (χ3n) is 3.40. The van der Waals surface area contributed by atoms with Gasteiger partial charge in [-0.2, -0.15) is 0 Å². The molecule has 1 aliphatic heterocycles. The van der Waals surface area contributed by atoms with Crippen molar-refractivity contribution in [3.63, 3.8) is 0 Å². The van der Waals surface area contributed by atoms with Gasteiger partial charge in [-0.1, -0.05) is 30.3 Å². The van der Waals surface area contributed by atoms with Crippen molar-refractivity contribution in [2.45, 2.75) is 12.3 Å². The SMILES string of the molecule is Cl.Fc1ccc(C2CCNC2)c2ccccc12. The first-order valence-corrected chi connectivity index (χ1v) is 5.74. The molecule has 0 radical (unpaired) electrons. The first-order chi connectivity index (χ1) is 7.86. The van der Waals surface area contributed by atoms with Crippen molar-refractivity contribution in [3.8, 4) is 0 Å². The average molecular weight is 252 g/mol. The summed E-state index contributed by atoms with van der Waals surface area (Å²) in [6.45, 7) is 2.08. The van der Waals surface area contributed by atoms with Crippen LogP contribution in [-0.4, -0.2) is 13.1 Å². The van der Waals surface area contributed by atoms with Crippen LogP contribution in [0, 0.1) is 5.82 Å². The molecule has 0 aliphatic carbocycles. The second kappa shape index (κ2) is 5.03. The second-order valence-electron chi connectivity index (χ2n) is 4.37. The summed E-state index contributed by atoms with van der Waals surface area (Å²) in [6.07, 6.45) is 1.15.